The lowest BCUT2D eigenvalue weighted by Crippen LogP contribution is -2.58. The molecule has 0 unspecified atom stereocenters. The van der Waals surface area contributed by atoms with Gasteiger partial charge in [0.25, 0.3) is 0 Å². The number of hydrogen-bond acceptors (Lipinski definition) is 6. The molecule has 1 atom stereocenters. The van der Waals surface area contributed by atoms with Crippen LogP contribution in [0.5, 0.6) is 0 Å². The van der Waals surface area contributed by atoms with Crippen molar-refractivity contribution in [3.05, 3.63) is 65.7 Å². The summed E-state index contributed by atoms with van der Waals surface area (Å²) in [4.78, 5) is 52.2. The molecule has 0 aliphatic carbocycles. The summed E-state index contributed by atoms with van der Waals surface area (Å²) in [5.74, 6) is -1.56. The normalized spacial score (nSPS) is 12.2. The second-order valence-electron chi connectivity index (χ2n) is 9.94. The predicted octanol–water partition coefficient (Wildman–Crippen LogP) is 3.78. The van der Waals surface area contributed by atoms with Crippen molar-refractivity contribution in [2.75, 3.05) is 19.5 Å². The maximum absolute atomic E-state index is 13.4. The maximum atomic E-state index is 13.4. The first-order valence-corrected chi connectivity index (χ1v) is 11.5. The van der Waals surface area contributed by atoms with Crippen LogP contribution in [0.25, 0.3) is 0 Å². The van der Waals surface area contributed by atoms with E-state index in [4.69, 9.17) is 9.47 Å². The van der Waals surface area contributed by atoms with Crippen LogP contribution in [0.15, 0.2) is 54.6 Å². The van der Waals surface area contributed by atoms with Crippen molar-refractivity contribution < 1.29 is 28.7 Å². The molecule has 0 radical (unpaired) electrons. The van der Waals surface area contributed by atoms with Crippen LogP contribution in [0.4, 0.5) is 10.5 Å². The van der Waals surface area contributed by atoms with E-state index in [9.17, 15) is 19.2 Å². The Morgan fingerprint density at radius 2 is 1.58 bits per heavy atom. The van der Waals surface area contributed by atoms with Crippen LogP contribution >= 0.6 is 0 Å². The number of esters is 1. The van der Waals surface area contributed by atoms with Crippen molar-refractivity contribution in [1.82, 2.24) is 10.2 Å². The molecule has 0 fully saturated rings. The highest BCUT2D eigenvalue weighted by Crippen LogP contribution is 2.17. The van der Waals surface area contributed by atoms with Crippen molar-refractivity contribution in [2.45, 2.75) is 58.2 Å². The molecule has 0 heterocycles. The number of methoxy groups -OCH3 is 1. The second kappa shape index (κ2) is 11.7. The number of carbonyl (C=O) groups excluding carboxylic acids is 4. The fourth-order valence-electron chi connectivity index (χ4n) is 3.28. The Bertz CT molecular complexity index is 1090. The number of likely N-dealkylation sites (N-methyl/N-ethyl adjacent to an activating group) is 1. The van der Waals surface area contributed by atoms with Gasteiger partial charge >= 0.3 is 12.1 Å². The van der Waals surface area contributed by atoms with Gasteiger partial charge in [-0.1, -0.05) is 36.4 Å². The molecule has 0 aromatic heterocycles. The summed E-state index contributed by atoms with van der Waals surface area (Å²) in [6.07, 6.45) is -0.429. The Hall–Kier alpha value is -3.88. The predicted molar refractivity (Wildman–Crippen MR) is 137 cm³/mol. The second-order valence-corrected chi connectivity index (χ2v) is 9.94. The number of ether oxygens (including phenoxy) is 2. The molecule has 2 rings (SSSR count). The van der Waals surface area contributed by atoms with Crippen LogP contribution in [0.1, 0.15) is 50.5 Å². The number of benzene rings is 2. The Balaban J connectivity index is 2.22. The molecule has 0 aliphatic rings. The smallest absolute Gasteiger partial charge is 0.410 e. The van der Waals surface area contributed by atoms with Gasteiger partial charge in [0.2, 0.25) is 11.8 Å². The summed E-state index contributed by atoms with van der Waals surface area (Å²) in [6.45, 7) is 8.34. The molecule has 0 bridgehead atoms. The van der Waals surface area contributed by atoms with Crippen LogP contribution in [0.2, 0.25) is 0 Å². The Morgan fingerprint density at radius 3 is 2.17 bits per heavy atom. The zero-order valence-corrected chi connectivity index (χ0v) is 21.9. The van der Waals surface area contributed by atoms with E-state index in [1.165, 1.54) is 25.1 Å². The van der Waals surface area contributed by atoms with Gasteiger partial charge in [0.1, 0.15) is 17.2 Å². The molecular weight excluding hydrogens is 462 g/mol. The van der Waals surface area contributed by atoms with E-state index in [1.54, 1.807) is 52.8 Å². The van der Waals surface area contributed by atoms with E-state index in [2.05, 4.69) is 10.6 Å². The number of hydrogen-bond donors (Lipinski definition) is 2. The fraction of sp³-hybridized carbons (Fsp3) is 0.407. The van der Waals surface area contributed by atoms with Crippen LogP contribution in [-0.4, -0.2) is 60.1 Å². The number of nitrogens with one attached hydrogen (secondary N) is 2. The van der Waals surface area contributed by atoms with Crippen LogP contribution in [-0.2, 0) is 25.5 Å². The summed E-state index contributed by atoms with van der Waals surface area (Å²) in [7, 11) is 2.76. The maximum Gasteiger partial charge on any atom is 0.410 e. The fourth-order valence-corrected chi connectivity index (χ4v) is 3.28. The molecule has 2 aromatic carbocycles. The lowest BCUT2D eigenvalue weighted by molar-refractivity contribution is -0.132. The zero-order valence-electron chi connectivity index (χ0n) is 21.9. The number of rotatable bonds is 8. The summed E-state index contributed by atoms with van der Waals surface area (Å²) in [5.41, 5.74) is -0.593. The van der Waals surface area contributed by atoms with Gasteiger partial charge in [-0.3, -0.25) is 14.5 Å². The highest BCUT2D eigenvalue weighted by Gasteiger charge is 2.36. The monoisotopic (exact) mass is 497 g/mol. The Morgan fingerprint density at radius 1 is 0.944 bits per heavy atom. The van der Waals surface area contributed by atoms with Crippen molar-refractivity contribution in [2.24, 2.45) is 0 Å². The molecule has 0 spiro atoms. The molecule has 9 heteroatoms. The van der Waals surface area contributed by atoms with E-state index in [1.807, 2.05) is 30.3 Å². The third-order valence-corrected chi connectivity index (χ3v) is 5.27. The van der Waals surface area contributed by atoms with E-state index in [0.29, 0.717) is 5.69 Å². The van der Waals surface area contributed by atoms with Gasteiger partial charge in [0.15, 0.2) is 0 Å². The van der Waals surface area contributed by atoms with Crippen molar-refractivity contribution >= 4 is 29.6 Å². The van der Waals surface area contributed by atoms with Gasteiger partial charge in [-0.05, 0) is 58.4 Å². The highest BCUT2D eigenvalue weighted by atomic mass is 16.6. The topological polar surface area (TPSA) is 114 Å². The van der Waals surface area contributed by atoms with E-state index in [-0.39, 0.29) is 12.0 Å². The van der Waals surface area contributed by atoms with Gasteiger partial charge in [0, 0.05) is 19.2 Å². The number of carbonyl (C=O) groups is 4. The van der Waals surface area contributed by atoms with Crippen molar-refractivity contribution in [3.63, 3.8) is 0 Å². The number of amides is 3. The quantitative estimate of drug-likeness (QED) is 0.537. The molecular formula is C27H35N3O6. The van der Waals surface area contributed by atoms with E-state index in [0.717, 1.165) is 5.56 Å². The molecule has 3 amide bonds. The highest BCUT2D eigenvalue weighted by molar-refractivity contribution is 6.01. The number of anilines is 1. The summed E-state index contributed by atoms with van der Waals surface area (Å²) in [6, 6.07) is 14.6. The molecule has 0 saturated heterocycles. The summed E-state index contributed by atoms with van der Waals surface area (Å²) < 4.78 is 10.2. The van der Waals surface area contributed by atoms with Gasteiger partial charge in [-0.15, -0.1) is 0 Å². The van der Waals surface area contributed by atoms with Crippen LogP contribution in [0.3, 0.4) is 0 Å². The molecule has 0 saturated carbocycles. The summed E-state index contributed by atoms with van der Waals surface area (Å²) in [5, 5.41) is 5.46. The van der Waals surface area contributed by atoms with Crippen molar-refractivity contribution in [3.8, 4) is 0 Å². The number of nitrogens with zero attached hydrogens (tertiary/aromatic N) is 1. The Kier molecular flexibility index (Phi) is 9.22. The minimum absolute atomic E-state index is 0.224. The molecule has 2 aromatic rings. The standard InChI is InChI=1S/C27H35N3O6/c1-26(2,3)36-25(34)30(6)21(16-18-12-9-8-10-13-18)22(31)29-27(4,5)24(33)28-20-15-11-14-19(17-20)23(32)35-7/h8-15,17,21H,16H2,1-7H3,(H,28,33)(H,29,31)/t21-/m1/s1. The molecule has 36 heavy (non-hydrogen) atoms. The molecule has 0 aliphatic heterocycles. The lowest BCUT2D eigenvalue weighted by Gasteiger charge is -2.33. The largest absolute Gasteiger partial charge is 0.465 e. The first kappa shape index (κ1) is 28.4. The Labute approximate surface area is 212 Å². The average molecular weight is 498 g/mol. The van der Waals surface area contributed by atoms with Crippen LogP contribution < -0.4 is 10.6 Å². The molecule has 2 N–H and O–H groups in total. The van der Waals surface area contributed by atoms with Gasteiger partial charge in [-0.2, -0.15) is 0 Å². The minimum Gasteiger partial charge on any atom is -0.465 e. The van der Waals surface area contributed by atoms with Gasteiger partial charge < -0.3 is 20.1 Å². The summed E-state index contributed by atoms with van der Waals surface area (Å²) >= 11 is 0. The van der Waals surface area contributed by atoms with E-state index >= 15 is 0 Å². The molecule has 194 valence electrons. The third-order valence-electron chi connectivity index (χ3n) is 5.27. The zero-order chi connectivity index (χ0) is 27.1. The van der Waals surface area contributed by atoms with Gasteiger partial charge in [-0.25, -0.2) is 9.59 Å². The van der Waals surface area contributed by atoms with E-state index < -0.39 is 41.1 Å². The SMILES string of the molecule is COC(=O)c1cccc(NC(=O)C(C)(C)NC(=O)[C@@H](Cc2ccccc2)N(C)C(=O)OC(C)(C)C)c1. The van der Waals surface area contributed by atoms with Gasteiger partial charge in [0.05, 0.1) is 12.7 Å². The first-order valence-electron chi connectivity index (χ1n) is 11.5. The third kappa shape index (κ3) is 8.11. The average Bonchev–Trinajstić information content (AvgIpc) is 2.81. The first-order chi connectivity index (χ1) is 16.7. The lowest BCUT2D eigenvalue weighted by atomic mass is 10.00. The molecule has 9 nitrogen and oxygen atoms in total. The van der Waals surface area contributed by atoms with Crippen molar-refractivity contribution in [1.29, 1.82) is 0 Å². The minimum atomic E-state index is -1.35. The van der Waals surface area contributed by atoms with Crippen LogP contribution in [0, 0.1) is 0 Å².